The van der Waals surface area contributed by atoms with Crippen molar-refractivity contribution >= 4 is 5.91 Å². The van der Waals surface area contributed by atoms with E-state index in [1.165, 1.54) is 0 Å². The smallest absolute Gasteiger partial charge is 0.234 e. The van der Waals surface area contributed by atoms with Crippen molar-refractivity contribution in [2.24, 2.45) is 0 Å². The highest BCUT2D eigenvalue weighted by Crippen LogP contribution is 1.88. The largest absolute Gasteiger partial charge is 0.383 e. The fourth-order valence-electron chi connectivity index (χ4n) is 1.23. The third kappa shape index (κ3) is 11.4. The number of nitrogens with one attached hydrogen (secondary N) is 2. The SMILES string of the molecule is COCCNC(=O)CNCCCCN(C)C. The van der Waals surface area contributed by atoms with Gasteiger partial charge in [0.2, 0.25) is 5.91 Å². The van der Waals surface area contributed by atoms with Gasteiger partial charge in [-0.25, -0.2) is 0 Å². The van der Waals surface area contributed by atoms with Crippen molar-refractivity contribution < 1.29 is 9.53 Å². The Balaban J connectivity index is 3.15. The zero-order valence-electron chi connectivity index (χ0n) is 10.7. The highest BCUT2D eigenvalue weighted by atomic mass is 16.5. The molecule has 5 nitrogen and oxygen atoms in total. The van der Waals surface area contributed by atoms with Gasteiger partial charge in [0.05, 0.1) is 13.2 Å². The molecule has 0 aromatic heterocycles. The Bertz CT molecular complexity index is 175. The summed E-state index contributed by atoms with van der Waals surface area (Å²) in [6.07, 6.45) is 2.26. The molecular formula is C11H25N3O2. The van der Waals surface area contributed by atoms with E-state index < -0.39 is 0 Å². The summed E-state index contributed by atoms with van der Waals surface area (Å²) in [5.74, 6) is 0.0321. The number of ether oxygens (including phenoxy) is 1. The van der Waals surface area contributed by atoms with Crippen LogP contribution < -0.4 is 10.6 Å². The Hall–Kier alpha value is -0.650. The van der Waals surface area contributed by atoms with Crippen molar-refractivity contribution in [3.05, 3.63) is 0 Å². The van der Waals surface area contributed by atoms with Gasteiger partial charge in [-0.2, -0.15) is 0 Å². The van der Waals surface area contributed by atoms with Gasteiger partial charge in [-0.05, 0) is 40.0 Å². The molecule has 2 N–H and O–H groups in total. The zero-order chi connectivity index (χ0) is 12.2. The maximum Gasteiger partial charge on any atom is 0.234 e. The number of amides is 1. The number of methoxy groups -OCH3 is 1. The van der Waals surface area contributed by atoms with Crippen LogP contribution in [-0.4, -0.2) is 64.8 Å². The molecule has 0 aliphatic carbocycles. The summed E-state index contributed by atoms with van der Waals surface area (Å²) in [6.45, 7) is 3.53. The van der Waals surface area contributed by atoms with Gasteiger partial charge >= 0.3 is 0 Å². The molecule has 0 bridgehead atoms. The lowest BCUT2D eigenvalue weighted by atomic mass is 10.3. The number of unbranched alkanes of at least 4 members (excludes halogenated alkanes) is 1. The lowest BCUT2D eigenvalue weighted by Gasteiger charge is -2.09. The highest BCUT2D eigenvalue weighted by molar-refractivity contribution is 5.77. The quantitative estimate of drug-likeness (QED) is 0.506. The molecule has 0 aromatic carbocycles. The fraction of sp³-hybridized carbons (Fsp3) is 0.909. The Morgan fingerprint density at radius 1 is 1.25 bits per heavy atom. The van der Waals surface area contributed by atoms with Gasteiger partial charge in [-0.1, -0.05) is 0 Å². The average molecular weight is 231 g/mol. The van der Waals surface area contributed by atoms with E-state index in [1.54, 1.807) is 7.11 Å². The van der Waals surface area contributed by atoms with Crippen LogP contribution in [0.2, 0.25) is 0 Å². The number of rotatable bonds is 10. The Labute approximate surface area is 98.5 Å². The molecule has 0 unspecified atom stereocenters. The fourth-order valence-corrected chi connectivity index (χ4v) is 1.23. The molecular weight excluding hydrogens is 206 g/mol. The highest BCUT2D eigenvalue weighted by Gasteiger charge is 1.98. The minimum atomic E-state index is 0.0321. The molecule has 0 saturated carbocycles. The third-order valence-electron chi connectivity index (χ3n) is 2.12. The number of nitrogens with zero attached hydrogens (tertiary/aromatic N) is 1. The topological polar surface area (TPSA) is 53.6 Å². The maximum absolute atomic E-state index is 11.2. The minimum absolute atomic E-state index is 0.0321. The molecule has 16 heavy (non-hydrogen) atoms. The third-order valence-corrected chi connectivity index (χ3v) is 2.12. The summed E-state index contributed by atoms with van der Waals surface area (Å²) in [7, 11) is 5.75. The Kier molecular flexibility index (Phi) is 10.4. The molecule has 0 heterocycles. The summed E-state index contributed by atoms with van der Waals surface area (Å²) in [5, 5.41) is 5.87. The molecule has 0 radical (unpaired) electrons. The van der Waals surface area contributed by atoms with Gasteiger partial charge in [0.15, 0.2) is 0 Å². The van der Waals surface area contributed by atoms with Gasteiger partial charge in [0.25, 0.3) is 0 Å². The molecule has 0 aliphatic rings. The van der Waals surface area contributed by atoms with Gasteiger partial charge in [-0.15, -0.1) is 0 Å². The molecule has 96 valence electrons. The van der Waals surface area contributed by atoms with Crippen LogP contribution in [0.4, 0.5) is 0 Å². The van der Waals surface area contributed by atoms with Crippen molar-refractivity contribution in [2.75, 3.05) is 54.0 Å². The van der Waals surface area contributed by atoms with Crippen molar-refractivity contribution in [2.45, 2.75) is 12.8 Å². The second kappa shape index (κ2) is 10.9. The van der Waals surface area contributed by atoms with Crippen LogP contribution in [0, 0.1) is 0 Å². The van der Waals surface area contributed by atoms with E-state index in [9.17, 15) is 4.79 Å². The average Bonchev–Trinajstić information content (AvgIpc) is 2.23. The molecule has 0 fully saturated rings. The summed E-state index contributed by atoms with van der Waals surface area (Å²) in [5.41, 5.74) is 0. The zero-order valence-corrected chi connectivity index (χ0v) is 10.7. The van der Waals surface area contributed by atoms with Gasteiger partial charge in [0, 0.05) is 13.7 Å². The van der Waals surface area contributed by atoms with Crippen LogP contribution in [0.5, 0.6) is 0 Å². The molecule has 0 spiro atoms. The normalized spacial score (nSPS) is 10.8. The second-order valence-corrected chi connectivity index (χ2v) is 4.03. The van der Waals surface area contributed by atoms with Crippen LogP contribution in [0.1, 0.15) is 12.8 Å². The maximum atomic E-state index is 11.2. The minimum Gasteiger partial charge on any atom is -0.383 e. The Morgan fingerprint density at radius 2 is 2.00 bits per heavy atom. The van der Waals surface area contributed by atoms with E-state index in [4.69, 9.17) is 4.74 Å². The number of carbonyl (C=O) groups excluding carboxylic acids is 1. The van der Waals surface area contributed by atoms with Gasteiger partial charge in [0.1, 0.15) is 0 Å². The van der Waals surface area contributed by atoms with Crippen molar-refractivity contribution in [3.63, 3.8) is 0 Å². The van der Waals surface area contributed by atoms with E-state index in [0.29, 0.717) is 19.7 Å². The molecule has 0 aromatic rings. The first-order chi connectivity index (χ1) is 7.66. The van der Waals surface area contributed by atoms with Gasteiger partial charge < -0.3 is 20.3 Å². The lowest BCUT2D eigenvalue weighted by molar-refractivity contribution is -0.120. The van der Waals surface area contributed by atoms with Crippen LogP contribution >= 0.6 is 0 Å². The second-order valence-electron chi connectivity index (χ2n) is 4.03. The standard InChI is InChI=1S/C11H25N3O2/c1-14(2)8-5-4-6-12-10-11(15)13-7-9-16-3/h12H,4-10H2,1-3H3,(H,13,15). The van der Waals surface area contributed by atoms with Gasteiger partial charge in [-0.3, -0.25) is 4.79 Å². The van der Waals surface area contributed by atoms with Crippen molar-refractivity contribution in [1.29, 1.82) is 0 Å². The summed E-state index contributed by atoms with van der Waals surface area (Å²) < 4.78 is 4.83. The van der Waals surface area contributed by atoms with E-state index in [1.807, 2.05) is 0 Å². The van der Waals surface area contributed by atoms with E-state index in [-0.39, 0.29) is 5.91 Å². The van der Waals surface area contributed by atoms with Crippen molar-refractivity contribution in [3.8, 4) is 0 Å². The summed E-state index contributed by atoms with van der Waals surface area (Å²) in [6, 6.07) is 0. The first kappa shape index (κ1) is 15.3. The summed E-state index contributed by atoms with van der Waals surface area (Å²) in [4.78, 5) is 13.4. The lowest BCUT2D eigenvalue weighted by Crippen LogP contribution is -2.36. The number of hydrogen-bond donors (Lipinski definition) is 2. The molecule has 0 saturated heterocycles. The van der Waals surface area contributed by atoms with Crippen LogP contribution in [0.15, 0.2) is 0 Å². The first-order valence-corrected chi connectivity index (χ1v) is 5.78. The molecule has 5 heteroatoms. The van der Waals surface area contributed by atoms with E-state index in [2.05, 4.69) is 29.6 Å². The number of carbonyl (C=O) groups is 1. The Morgan fingerprint density at radius 3 is 2.62 bits per heavy atom. The van der Waals surface area contributed by atoms with Crippen LogP contribution in [0.3, 0.4) is 0 Å². The van der Waals surface area contributed by atoms with Crippen molar-refractivity contribution in [1.82, 2.24) is 15.5 Å². The van der Waals surface area contributed by atoms with Crippen LogP contribution in [-0.2, 0) is 9.53 Å². The predicted octanol–water partition coefficient (Wildman–Crippen LogP) is -0.320. The molecule has 0 aliphatic heterocycles. The molecule has 1 amide bonds. The predicted molar refractivity (Wildman–Crippen MR) is 65.5 cm³/mol. The number of hydrogen-bond acceptors (Lipinski definition) is 4. The molecule has 0 atom stereocenters. The van der Waals surface area contributed by atoms with E-state index in [0.717, 1.165) is 25.9 Å². The van der Waals surface area contributed by atoms with E-state index >= 15 is 0 Å². The monoisotopic (exact) mass is 231 g/mol. The summed E-state index contributed by atoms with van der Waals surface area (Å²) >= 11 is 0. The molecule has 0 rings (SSSR count). The van der Waals surface area contributed by atoms with Crippen LogP contribution in [0.25, 0.3) is 0 Å². The first-order valence-electron chi connectivity index (χ1n) is 5.78.